The van der Waals surface area contributed by atoms with Gasteiger partial charge in [-0.2, -0.15) is 4.98 Å². The smallest absolute Gasteiger partial charge is 0.223 e. The summed E-state index contributed by atoms with van der Waals surface area (Å²) in [5.41, 5.74) is 0. The number of ether oxygens (including phenoxy) is 1. The van der Waals surface area contributed by atoms with Gasteiger partial charge in [0.1, 0.15) is 0 Å². The van der Waals surface area contributed by atoms with Crippen LogP contribution in [0.4, 0.5) is 0 Å². The summed E-state index contributed by atoms with van der Waals surface area (Å²) in [6.07, 6.45) is 0.824. The molecule has 2 aromatic rings. The minimum absolute atomic E-state index is 0.453. The molecule has 1 unspecified atom stereocenters. The molecule has 1 N–H and O–H groups in total. The van der Waals surface area contributed by atoms with Crippen LogP contribution in [-0.4, -0.2) is 36.4 Å². The van der Waals surface area contributed by atoms with Gasteiger partial charge in [-0.15, -0.1) is 0 Å². The monoisotopic (exact) mass is 343 g/mol. The van der Waals surface area contributed by atoms with Crippen molar-refractivity contribution in [3.05, 3.63) is 46.0 Å². The molecule has 1 aromatic carbocycles. The number of rotatable bonds is 2. The quantitative estimate of drug-likeness (QED) is 0.907. The van der Waals surface area contributed by atoms with Gasteiger partial charge in [0.15, 0.2) is 5.82 Å². The van der Waals surface area contributed by atoms with Crippen molar-refractivity contribution in [2.75, 3.05) is 26.3 Å². The Morgan fingerprint density at radius 1 is 1.27 bits per heavy atom. The second-order valence-electron chi connectivity index (χ2n) is 4.99. The molecule has 0 saturated carbocycles. The average molecular weight is 344 g/mol. The van der Waals surface area contributed by atoms with E-state index in [2.05, 4.69) is 15.5 Å². The maximum atomic E-state index is 5.58. The first-order valence-electron chi connectivity index (χ1n) is 7.13. The van der Waals surface area contributed by atoms with Crippen molar-refractivity contribution in [2.24, 2.45) is 5.92 Å². The van der Waals surface area contributed by atoms with E-state index in [0.717, 1.165) is 38.5 Å². The van der Waals surface area contributed by atoms with Crippen molar-refractivity contribution < 1.29 is 9.26 Å². The lowest BCUT2D eigenvalue weighted by atomic mass is 10.1. The minimum atomic E-state index is 0.453. The van der Waals surface area contributed by atoms with Crippen molar-refractivity contribution >= 4 is 23.2 Å². The summed E-state index contributed by atoms with van der Waals surface area (Å²) < 4.78 is 10.4. The number of benzene rings is 1. The zero-order valence-corrected chi connectivity index (χ0v) is 13.9. The van der Waals surface area contributed by atoms with Crippen LogP contribution in [0, 0.1) is 12.8 Å². The molecule has 120 valence electrons. The molecule has 5 nitrogen and oxygen atoms in total. The molecule has 1 saturated heterocycles. The summed E-state index contributed by atoms with van der Waals surface area (Å²) in [6.45, 7) is 5.27. The van der Waals surface area contributed by atoms with Crippen LogP contribution in [0.5, 0.6) is 0 Å². The molecule has 3 rings (SSSR count). The molecule has 1 atom stereocenters. The lowest BCUT2D eigenvalue weighted by Gasteiger charge is -2.10. The van der Waals surface area contributed by atoms with E-state index in [0.29, 0.717) is 21.9 Å². The number of hydrogen-bond donors (Lipinski definition) is 1. The first-order valence-corrected chi connectivity index (χ1v) is 7.88. The second kappa shape index (κ2) is 9.10. The number of nitrogens with one attached hydrogen (secondary N) is 1. The topological polar surface area (TPSA) is 60.2 Å². The van der Waals surface area contributed by atoms with Gasteiger partial charge in [-0.25, -0.2) is 0 Å². The average Bonchev–Trinajstić information content (AvgIpc) is 2.75. The van der Waals surface area contributed by atoms with Crippen molar-refractivity contribution in [1.29, 1.82) is 0 Å². The summed E-state index contributed by atoms with van der Waals surface area (Å²) in [6, 6.07) is 7.19. The zero-order valence-electron chi connectivity index (χ0n) is 12.4. The predicted octanol–water partition coefficient (Wildman–Crippen LogP) is 3.15. The maximum Gasteiger partial charge on any atom is 0.223 e. The molecule has 1 aliphatic heterocycles. The highest BCUT2D eigenvalue weighted by Crippen LogP contribution is 2.19. The van der Waals surface area contributed by atoms with Gasteiger partial charge in [-0.3, -0.25) is 0 Å². The van der Waals surface area contributed by atoms with Crippen LogP contribution < -0.4 is 5.32 Å². The maximum absolute atomic E-state index is 5.58. The van der Waals surface area contributed by atoms with Crippen LogP contribution >= 0.6 is 23.2 Å². The Morgan fingerprint density at radius 3 is 2.59 bits per heavy atom. The van der Waals surface area contributed by atoms with E-state index < -0.39 is 0 Å². The highest BCUT2D eigenvalue weighted by atomic mass is 35.5. The van der Waals surface area contributed by atoms with Gasteiger partial charge in [0.25, 0.3) is 0 Å². The van der Waals surface area contributed by atoms with Gasteiger partial charge < -0.3 is 14.6 Å². The van der Waals surface area contributed by atoms with E-state index in [9.17, 15) is 0 Å². The molecule has 0 spiro atoms. The third-order valence-electron chi connectivity index (χ3n) is 3.07. The number of aryl methyl sites for hydroxylation is 1. The molecule has 22 heavy (non-hydrogen) atoms. The van der Waals surface area contributed by atoms with Crippen LogP contribution in [0.3, 0.4) is 0 Å². The number of hydrogen-bond acceptors (Lipinski definition) is 5. The molecule has 1 aliphatic rings. The molecule has 1 fully saturated rings. The first-order chi connectivity index (χ1) is 10.6. The van der Waals surface area contributed by atoms with Gasteiger partial charge in [0.2, 0.25) is 5.89 Å². The summed E-state index contributed by atoms with van der Waals surface area (Å²) in [4.78, 5) is 4.17. The Bertz CT molecular complexity index is 548. The molecule has 7 heteroatoms. The van der Waals surface area contributed by atoms with Crippen LogP contribution in [-0.2, 0) is 11.2 Å². The van der Waals surface area contributed by atoms with E-state index >= 15 is 0 Å². The van der Waals surface area contributed by atoms with E-state index in [4.69, 9.17) is 32.5 Å². The fraction of sp³-hybridized carbons (Fsp3) is 0.467. The van der Waals surface area contributed by atoms with Crippen molar-refractivity contribution in [3.63, 3.8) is 0 Å². The Morgan fingerprint density at radius 2 is 2.00 bits per heavy atom. The lowest BCUT2D eigenvalue weighted by Crippen LogP contribution is -2.24. The van der Waals surface area contributed by atoms with Gasteiger partial charge in [-0.05, 0) is 12.1 Å². The predicted molar refractivity (Wildman–Crippen MR) is 86.4 cm³/mol. The number of aromatic nitrogens is 2. The molecule has 0 aliphatic carbocycles. The Labute approximate surface area is 139 Å². The van der Waals surface area contributed by atoms with E-state index in [-0.39, 0.29) is 0 Å². The van der Waals surface area contributed by atoms with Gasteiger partial charge >= 0.3 is 0 Å². The lowest BCUT2D eigenvalue weighted by molar-refractivity contribution is 0.122. The molecule has 0 amide bonds. The summed E-state index contributed by atoms with van der Waals surface area (Å²) in [5.74, 6) is 1.86. The molecule has 1 aromatic heterocycles. The van der Waals surface area contributed by atoms with Gasteiger partial charge in [0.05, 0.1) is 23.3 Å². The number of nitrogens with zero attached hydrogens (tertiary/aromatic N) is 2. The van der Waals surface area contributed by atoms with Crippen LogP contribution in [0.1, 0.15) is 11.7 Å². The van der Waals surface area contributed by atoms with Gasteiger partial charge in [0, 0.05) is 32.4 Å². The van der Waals surface area contributed by atoms with Crippen LogP contribution in [0.25, 0.3) is 0 Å². The Balaban J connectivity index is 0.000000188. The third kappa shape index (κ3) is 5.93. The summed E-state index contributed by atoms with van der Waals surface area (Å²) in [7, 11) is 0. The molecule has 2 heterocycles. The van der Waals surface area contributed by atoms with Gasteiger partial charge in [-0.1, -0.05) is 40.5 Å². The standard InChI is InChI=1S/C9H15N3O2.C6H4Cl2/c1-7-11-9(12-14-7)4-8-5-10-2-3-13-6-8;7-5-3-1-2-4-6(5)8/h8,10H,2-6H2,1H3;1-4H. The molecular weight excluding hydrogens is 325 g/mol. The van der Waals surface area contributed by atoms with E-state index in [1.807, 2.05) is 12.1 Å². The summed E-state index contributed by atoms with van der Waals surface area (Å²) in [5, 5.41) is 8.40. The number of halogens is 2. The van der Waals surface area contributed by atoms with Crippen molar-refractivity contribution in [1.82, 2.24) is 15.5 Å². The van der Waals surface area contributed by atoms with Crippen LogP contribution in [0.2, 0.25) is 10.0 Å². The molecule has 0 bridgehead atoms. The van der Waals surface area contributed by atoms with Crippen molar-refractivity contribution in [3.8, 4) is 0 Å². The highest BCUT2D eigenvalue weighted by Gasteiger charge is 2.15. The molecular formula is C15H19Cl2N3O2. The Kier molecular flexibility index (Phi) is 7.12. The Hall–Kier alpha value is -1.14. The highest BCUT2D eigenvalue weighted by molar-refractivity contribution is 6.41. The zero-order chi connectivity index (χ0) is 15.8. The molecule has 0 radical (unpaired) electrons. The third-order valence-corrected chi connectivity index (χ3v) is 3.83. The minimum Gasteiger partial charge on any atom is -0.380 e. The fourth-order valence-electron chi connectivity index (χ4n) is 2.01. The second-order valence-corrected chi connectivity index (χ2v) is 5.81. The fourth-order valence-corrected chi connectivity index (χ4v) is 2.28. The van der Waals surface area contributed by atoms with Crippen LogP contribution in [0.15, 0.2) is 28.8 Å². The van der Waals surface area contributed by atoms with Crippen molar-refractivity contribution in [2.45, 2.75) is 13.3 Å². The normalized spacial score (nSPS) is 18.2. The van der Waals surface area contributed by atoms with E-state index in [1.54, 1.807) is 19.1 Å². The SMILES string of the molecule is Cc1nc(CC2CNCCOC2)no1.Clc1ccccc1Cl. The summed E-state index contributed by atoms with van der Waals surface area (Å²) >= 11 is 11.2. The first kappa shape index (κ1) is 17.2. The largest absolute Gasteiger partial charge is 0.380 e. The van der Waals surface area contributed by atoms with E-state index in [1.165, 1.54) is 0 Å².